The van der Waals surface area contributed by atoms with E-state index in [1.165, 1.54) is 5.57 Å². The van der Waals surface area contributed by atoms with Gasteiger partial charge in [0.25, 0.3) is 0 Å². The van der Waals surface area contributed by atoms with Gasteiger partial charge in [-0.3, -0.25) is 0 Å². The van der Waals surface area contributed by atoms with Crippen molar-refractivity contribution in [1.29, 1.82) is 0 Å². The molecule has 0 spiro atoms. The number of aliphatic hydroxyl groups excluding tert-OH is 1. The second kappa shape index (κ2) is 4.01. The van der Waals surface area contributed by atoms with E-state index in [-0.39, 0.29) is 18.1 Å². The third-order valence-electron chi connectivity index (χ3n) is 4.82. The van der Waals surface area contributed by atoms with Crippen LogP contribution in [-0.2, 0) is 4.74 Å². The Morgan fingerprint density at radius 3 is 2.88 bits per heavy atom. The highest BCUT2D eigenvalue weighted by molar-refractivity contribution is 5.22. The maximum Gasteiger partial charge on any atom is 0.0821 e. The first-order valence-electron chi connectivity index (χ1n) is 6.10. The number of fused-ring (bicyclic) bond motifs is 2. The molecule has 2 nitrogen and oxygen atoms in total. The molecule has 2 rings (SSSR count). The Morgan fingerprint density at radius 1 is 1.62 bits per heavy atom. The molecule has 1 N–H and O–H groups in total. The van der Waals surface area contributed by atoms with Crippen LogP contribution in [0.5, 0.6) is 0 Å². The summed E-state index contributed by atoms with van der Waals surface area (Å²) in [6.07, 6.45) is 4.31. The first kappa shape index (κ1) is 11.9. The molecular formula is C14H22O2. The van der Waals surface area contributed by atoms with Gasteiger partial charge in [-0.2, -0.15) is 0 Å². The molecule has 1 fully saturated rings. The van der Waals surface area contributed by atoms with Crippen LogP contribution in [0.15, 0.2) is 24.3 Å². The molecule has 16 heavy (non-hydrogen) atoms. The van der Waals surface area contributed by atoms with E-state index in [2.05, 4.69) is 33.4 Å². The van der Waals surface area contributed by atoms with Crippen LogP contribution < -0.4 is 0 Å². The summed E-state index contributed by atoms with van der Waals surface area (Å²) >= 11 is 0. The molecule has 1 aliphatic heterocycles. The lowest BCUT2D eigenvalue weighted by atomic mass is 9.56. The minimum atomic E-state index is -0.0936. The summed E-state index contributed by atoms with van der Waals surface area (Å²) in [6, 6.07) is 0. The minimum Gasteiger partial charge on any atom is -0.396 e. The predicted octanol–water partition coefficient (Wildman–Crippen LogP) is 2.40. The fraction of sp³-hybridized carbons (Fsp3) is 0.714. The van der Waals surface area contributed by atoms with Crippen molar-refractivity contribution < 1.29 is 9.84 Å². The molecule has 0 aromatic heterocycles. The molecule has 1 heterocycles. The lowest BCUT2D eigenvalue weighted by Gasteiger charge is -2.54. The number of hydrogen-bond acceptors (Lipinski definition) is 2. The van der Waals surface area contributed by atoms with E-state index in [0.717, 1.165) is 0 Å². The van der Waals surface area contributed by atoms with E-state index in [0.29, 0.717) is 24.4 Å². The summed E-state index contributed by atoms with van der Waals surface area (Å²) in [5.41, 5.74) is 1.29. The molecule has 1 aliphatic carbocycles. The van der Waals surface area contributed by atoms with Crippen molar-refractivity contribution in [3.8, 4) is 0 Å². The van der Waals surface area contributed by atoms with Gasteiger partial charge in [-0.1, -0.05) is 31.6 Å². The summed E-state index contributed by atoms with van der Waals surface area (Å²) in [5, 5.41) is 9.74. The standard InChI is InChI=1S/C14H22O2/c1-5-12-13-9(2)6-10(3)14(7-15,8-16-12)11(13)4/h5-6,10-13,15H,1,7-8H2,2-4H3/t10-,11-,12+,13+,14-/m1/s1. The minimum absolute atomic E-state index is 0.0936. The molecule has 0 saturated carbocycles. The number of rotatable bonds is 2. The van der Waals surface area contributed by atoms with Crippen LogP contribution in [0.25, 0.3) is 0 Å². The van der Waals surface area contributed by atoms with Crippen LogP contribution in [0.2, 0.25) is 0 Å². The van der Waals surface area contributed by atoms with E-state index < -0.39 is 0 Å². The monoisotopic (exact) mass is 222 g/mol. The van der Waals surface area contributed by atoms with Gasteiger partial charge in [-0.05, 0) is 18.8 Å². The Kier molecular flexibility index (Phi) is 2.97. The van der Waals surface area contributed by atoms with Crippen LogP contribution >= 0.6 is 0 Å². The summed E-state index contributed by atoms with van der Waals surface area (Å²) in [5.74, 6) is 1.22. The highest BCUT2D eigenvalue weighted by Gasteiger charge is 2.52. The summed E-state index contributed by atoms with van der Waals surface area (Å²) in [4.78, 5) is 0. The first-order chi connectivity index (χ1) is 7.56. The molecule has 0 unspecified atom stereocenters. The van der Waals surface area contributed by atoms with Crippen molar-refractivity contribution in [3.05, 3.63) is 24.3 Å². The topological polar surface area (TPSA) is 29.5 Å². The number of ether oxygens (including phenoxy) is 1. The molecule has 0 radical (unpaired) electrons. The molecule has 1 saturated heterocycles. The van der Waals surface area contributed by atoms with Gasteiger partial charge in [0.05, 0.1) is 19.3 Å². The zero-order valence-electron chi connectivity index (χ0n) is 10.4. The van der Waals surface area contributed by atoms with Gasteiger partial charge in [-0.15, -0.1) is 6.58 Å². The molecule has 2 aliphatic rings. The van der Waals surface area contributed by atoms with Crippen LogP contribution in [0, 0.1) is 23.2 Å². The third-order valence-corrected chi connectivity index (χ3v) is 4.82. The molecule has 0 aromatic rings. The number of aliphatic hydroxyl groups is 1. The van der Waals surface area contributed by atoms with Gasteiger partial charge in [0.2, 0.25) is 0 Å². The second-order valence-electron chi connectivity index (χ2n) is 5.42. The Balaban J connectivity index is 2.44. The van der Waals surface area contributed by atoms with Crippen LogP contribution in [0.3, 0.4) is 0 Å². The Morgan fingerprint density at radius 2 is 2.31 bits per heavy atom. The van der Waals surface area contributed by atoms with Crippen molar-refractivity contribution in [2.45, 2.75) is 26.9 Å². The zero-order chi connectivity index (χ0) is 11.9. The smallest absolute Gasteiger partial charge is 0.0821 e. The second-order valence-corrected chi connectivity index (χ2v) is 5.42. The Labute approximate surface area is 98.0 Å². The molecule has 0 aromatic carbocycles. The van der Waals surface area contributed by atoms with Gasteiger partial charge >= 0.3 is 0 Å². The molecule has 90 valence electrons. The third kappa shape index (κ3) is 1.40. The lowest BCUT2D eigenvalue weighted by molar-refractivity contribution is -0.148. The Bertz CT molecular complexity index is 321. The number of allylic oxidation sites excluding steroid dienone is 1. The van der Waals surface area contributed by atoms with E-state index in [4.69, 9.17) is 4.74 Å². The summed E-state index contributed by atoms with van der Waals surface area (Å²) in [6.45, 7) is 11.3. The van der Waals surface area contributed by atoms with Crippen molar-refractivity contribution in [1.82, 2.24) is 0 Å². The van der Waals surface area contributed by atoms with Crippen molar-refractivity contribution in [2.24, 2.45) is 23.2 Å². The zero-order valence-corrected chi connectivity index (χ0v) is 10.4. The molecule has 0 amide bonds. The van der Waals surface area contributed by atoms with Crippen molar-refractivity contribution in [3.63, 3.8) is 0 Å². The van der Waals surface area contributed by atoms with Crippen LogP contribution in [0.1, 0.15) is 20.8 Å². The van der Waals surface area contributed by atoms with E-state index >= 15 is 0 Å². The van der Waals surface area contributed by atoms with Crippen LogP contribution in [0.4, 0.5) is 0 Å². The van der Waals surface area contributed by atoms with Gasteiger partial charge in [0.1, 0.15) is 0 Å². The predicted molar refractivity (Wildman–Crippen MR) is 65.0 cm³/mol. The van der Waals surface area contributed by atoms with E-state index in [9.17, 15) is 5.11 Å². The maximum absolute atomic E-state index is 9.74. The summed E-state index contributed by atoms with van der Waals surface area (Å²) in [7, 11) is 0. The largest absolute Gasteiger partial charge is 0.396 e. The lowest BCUT2D eigenvalue weighted by Crippen LogP contribution is -2.55. The normalized spacial score (nSPS) is 47.4. The SMILES string of the molecule is C=C[C@@H]1OC[C@]2(CO)[C@H](C)C=C(C)[C@H]1[C@H]2C. The molecule has 2 heteroatoms. The molecular weight excluding hydrogens is 200 g/mol. The average molecular weight is 222 g/mol. The van der Waals surface area contributed by atoms with Crippen molar-refractivity contribution in [2.75, 3.05) is 13.2 Å². The fourth-order valence-corrected chi connectivity index (χ4v) is 3.55. The quantitative estimate of drug-likeness (QED) is 0.727. The fourth-order valence-electron chi connectivity index (χ4n) is 3.55. The first-order valence-corrected chi connectivity index (χ1v) is 6.10. The van der Waals surface area contributed by atoms with E-state index in [1.807, 2.05) is 6.08 Å². The van der Waals surface area contributed by atoms with Gasteiger partial charge in [0.15, 0.2) is 0 Å². The van der Waals surface area contributed by atoms with E-state index in [1.54, 1.807) is 0 Å². The Hall–Kier alpha value is -0.600. The average Bonchev–Trinajstić information content (AvgIpc) is 2.26. The highest BCUT2D eigenvalue weighted by atomic mass is 16.5. The summed E-state index contributed by atoms with van der Waals surface area (Å²) < 4.78 is 5.88. The van der Waals surface area contributed by atoms with Gasteiger partial charge in [0, 0.05) is 11.3 Å². The molecule has 5 atom stereocenters. The van der Waals surface area contributed by atoms with Crippen LogP contribution in [-0.4, -0.2) is 24.4 Å². The van der Waals surface area contributed by atoms with Gasteiger partial charge < -0.3 is 9.84 Å². The van der Waals surface area contributed by atoms with Crippen molar-refractivity contribution >= 4 is 0 Å². The maximum atomic E-state index is 9.74. The highest BCUT2D eigenvalue weighted by Crippen LogP contribution is 2.52. The number of hydrogen-bond donors (Lipinski definition) is 1. The molecule has 2 bridgehead atoms. The van der Waals surface area contributed by atoms with Gasteiger partial charge in [-0.25, -0.2) is 0 Å².